The first kappa shape index (κ1) is 12.3. The molecule has 0 aliphatic heterocycles. The van der Waals surface area contributed by atoms with Crippen LogP contribution in [0.25, 0.3) is 0 Å². The summed E-state index contributed by atoms with van der Waals surface area (Å²) in [4.78, 5) is 5.68. The molecule has 0 N–H and O–H groups in total. The van der Waals surface area contributed by atoms with Gasteiger partial charge in [0.2, 0.25) is 0 Å². The Labute approximate surface area is 96.4 Å². The maximum absolute atomic E-state index is 4.36. The highest BCUT2D eigenvalue weighted by Gasteiger charge is 2.11. The topological polar surface area (TPSA) is 12.9 Å². The van der Waals surface area contributed by atoms with E-state index in [4.69, 9.17) is 0 Å². The van der Waals surface area contributed by atoms with Gasteiger partial charge in [-0.15, -0.1) is 11.3 Å². The van der Waals surface area contributed by atoms with Crippen LogP contribution in [0.15, 0.2) is 6.20 Å². The quantitative estimate of drug-likeness (QED) is 0.574. The van der Waals surface area contributed by atoms with Gasteiger partial charge in [-0.3, -0.25) is 0 Å². The van der Waals surface area contributed by atoms with Crippen LogP contribution in [0.2, 0.25) is 25.7 Å². The first-order chi connectivity index (χ1) is 6.47. The highest BCUT2D eigenvalue weighted by atomic mass is 32.2. The van der Waals surface area contributed by atoms with Gasteiger partial charge in [-0.2, -0.15) is 11.8 Å². The predicted octanol–water partition coefficient (Wildman–Crippen LogP) is 4.02. The third kappa shape index (κ3) is 5.17. The lowest BCUT2D eigenvalue weighted by molar-refractivity contribution is 1.25. The fraction of sp³-hybridized carbons (Fsp3) is 0.700. The SMILES string of the molecule is Cc1cnc(CSCC[Si](C)(C)C)s1. The highest BCUT2D eigenvalue weighted by Crippen LogP contribution is 2.20. The zero-order valence-corrected chi connectivity index (χ0v) is 12.1. The fourth-order valence-electron chi connectivity index (χ4n) is 1.01. The molecule has 1 heterocycles. The molecule has 0 aliphatic rings. The predicted molar refractivity (Wildman–Crippen MR) is 71.2 cm³/mol. The van der Waals surface area contributed by atoms with Crippen molar-refractivity contribution in [2.45, 2.75) is 38.4 Å². The second-order valence-electron chi connectivity index (χ2n) is 4.73. The van der Waals surface area contributed by atoms with E-state index >= 15 is 0 Å². The van der Waals surface area contributed by atoms with Gasteiger partial charge < -0.3 is 0 Å². The Hall–Kier alpha value is 0.197. The van der Waals surface area contributed by atoms with Gasteiger partial charge in [0.15, 0.2) is 0 Å². The van der Waals surface area contributed by atoms with Gasteiger partial charge in [0.05, 0.1) is 0 Å². The third-order valence-electron chi connectivity index (χ3n) is 1.89. The second-order valence-corrected chi connectivity index (χ2v) is 12.8. The van der Waals surface area contributed by atoms with Crippen LogP contribution < -0.4 is 0 Å². The highest BCUT2D eigenvalue weighted by molar-refractivity contribution is 7.98. The number of hydrogen-bond donors (Lipinski definition) is 0. The first-order valence-electron chi connectivity index (χ1n) is 4.96. The van der Waals surface area contributed by atoms with Crippen LogP contribution in [0.1, 0.15) is 9.88 Å². The van der Waals surface area contributed by atoms with E-state index in [1.54, 1.807) is 0 Å². The molecule has 0 aromatic carbocycles. The minimum atomic E-state index is -0.828. The van der Waals surface area contributed by atoms with Gasteiger partial charge in [-0.25, -0.2) is 4.98 Å². The zero-order chi connectivity index (χ0) is 10.6. The van der Waals surface area contributed by atoms with Crippen LogP contribution in [0.4, 0.5) is 0 Å². The van der Waals surface area contributed by atoms with E-state index in [-0.39, 0.29) is 0 Å². The van der Waals surface area contributed by atoms with Crippen LogP contribution in [-0.2, 0) is 5.75 Å². The summed E-state index contributed by atoms with van der Waals surface area (Å²) < 4.78 is 0. The standard InChI is InChI=1S/C10H19NS2Si/c1-9-7-11-10(13-9)8-12-5-6-14(2,3)4/h7H,5-6,8H2,1-4H3. The van der Waals surface area contributed by atoms with E-state index in [0.29, 0.717) is 0 Å². The fourth-order valence-corrected chi connectivity index (χ4v) is 5.49. The molecule has 0 saturated carbocycles. The summed E-state index contributed by atoms with van der Waals surface area (Å²) in [6.07, 6.45) is 1.97. The van der Waals surface area contributed by atoms with E-state index in [0.717, 1.165) is 5.75 Å². The number of thioether (sulfide) groups is 1. The minimum absolute atomic E-state index is 0.828. The van der Waals surface area contributed by atoms with Crippen molar-refractivity contribution in [3.8, 4) is 0 Å². The molecule has 0 radical (unpaired) electrons. The van der Waals surface area contributed by atoms with Crippen molar-refractivity contribution in [1.29, 1.82) is 0 Å². The summed E-state index contributed by atoms with van der Waals surface area (Å²) >= 11 is 3.85. The molecule has 80 valence electrons. The summed E-state index contributed by atoms with van der Waals surface area (Å²) in [5.74, 6) is 2.40. The molecular formula is C10H19NS2Si. The van der Waals surface area contributed by atoms with E-state index < -0.39 is 8.07 Å². The van der Waals surface area contributed by atoms with Gasteiger partial charge in [-0.1, -0.05) is 19.6 Å². The number of aryl methyl sites for hydroxylation is 1. The average molecular weight is 245 g/mol. The van der Waals surface area contributed by atoms with Crippen molar-refractivity contribution in [2.75, 3.05) is 5.75 Å². The first-order valence-corrected chi connectivity index (χ1v) is 10.6. The van der Waals surface area contributed by atoms with E-state index in [2.05, 4.69) is 31.5 Å². The largest absolute Gasteiger partial charge is 0.249 e. The Balaban J connectivity index is 2.16. The Bertz CT molecular complexity index is 278. The molecule has 1 nitrogen and oxygen atoms in total. The summed E-state index contributed by atoms with van der Waals surface area (Å²) in [7, 11) is -0.828. The van der Waals surface area contributed by atoms with Crippen molar-refractivity contribution < 1.29 is 0 Å². The lowest BCUT2D eigenvalue weighted by Gasteiger charge is -2.14. The summed E-state index contributed by atoms with van der Waals surface area (Å²) in [6.45, 7) is 9.41. The molecule has 1 aromatic heterocycles. The van der Waals surface area contributed by atoms with Gasteiger partial charge in [0.25, 0.3) is 0 Å². The van der Waals surface area contributed by atoms with Crippen LogP contribution in [0.3, 0.4) is 0 Å². The summed E-state index contributed by atoms with van der Waals surface area (Å²) in [5, 5.41) is 1.28. The van der Waals surface area contributed by atoms with Crippen molar-refractivity contribution in [2.24, 2.45) is 0 Å². The Kier molecular flexibility index (Phi) is 4.67. The molecule has 0 atom stereocenters. The Morgan fingerprint density at radius 1 is 1.43 bits per heavy atom. The molecule has 0 amide bonds. The van der Waals surface area contributed by atoms with Crippen molar-refractivity contribution >= 4 is 31.2 Å². The van der Waals surface area contributed by atoms with Crippen molar-refractivity contribution in [3.05, 3.63) is 16.1 Å². The zero-order valence-electron chi connectivity index (χ0n) is 9.46. The molecule has 0 unspecified atom stereocenters. The molecule has 1 rings (SSSR count). The molecule has 0 saturated heterocycles. The molecule has 0 fully saturated rings. The summed E-state index contributed by atoms with van der Waals surface area (Å²) in [5.41, 5.74) is 0. The Morgan fingerprint density at radius 3 is 2.64 bits per heavy atom. The molecule has 0 spiro atoms. The maximum Gasteiger partial charge on any atom is 0.103 e. The molecule has 0 aliphatic carbocycles. The second kappa shape index (κ2) is 5.33. The van der Waals surface area contributed by atoms with Crippen molar-refractivity contribution in [1.82, 2.24) is 4.98 Å². The lowest BCUT2D eigenvalue weighted by Crippen LogP contribution is -2.19. The molecule has 0 bridgehead atoms. The van der Waals surface area contributed by atoms with Crippen LogP contribution in [0, 0.1) is 6.92 Å². The van der Waals surface area contributed by atoms with E-state index in [9.17, 15) is 0 Å². The average Bonchev–Trinajstić information content (AvgIpc) is 2.44. The van der Waals surface area contributed by atoms with E-state index in [1.807, 2.05) is 29.3 Å². The summed E-state index contributed by atoms with van der Waals surface area (Å²) in [6, 6.07) is 1.42. The number of nitrogens with zero attached hydrogens (tertiary/aromatic N) is 1. The van der Waals surface area contributed by atoms with Gasteiger partial charge in [0, 0.05) is 24.9 Å². The molecule has 14 heavy (non-hydrogen) atoms. The van der Waals surface area contributed by atoms with Gasteiger partial charge in [-0.05, 0) is 18.7 Å². The van der Waals surface area contributed by atoms with Crippen molar-refractivity contribution in [3.63, 3.8) is 0 Å². The monoisotopic (exact) mass is 245 g/mol. The van der Waals surface area contributed by atoms with E-state index in [1.165, 1.54) is 21.7 Å². The van der Waals surface area contributed by atoms with Gasteiger partial charge >= 0.3 is 0 Å². The van der Waals surface area contributed by atoms with Crippen LogP contribution >= 0.6 is 23.1 Å². The smallest absolute Gasteiger partial charge is 0.103 e. The number of aromatic nitrogens is 1. The van der Waals surface area contributed by atoms with Crippen LogP contribution in [-0.4, -0.2) is 18.8 Å². The maximum atomic E-state index is 4.36. The molecular weight excluding hydrogens is 226 g/mol. The molecule has 4 heteroatoms. The minimum Gasteiger partial charge on any atom is -0.249 e. The normalized spacial score (nSPS) is 12.0. The van der Waals surface area contributed by atoms with Crippen LogP contribution in [0.5, 0.6) is 0 Å². The van der Waals surface area contributed by atoms with Gasteiger partial charge in [0.1, 0.15) is 5.01 Å². The third-order valence-corrected chi connectivity index (χ3v) is 6.07. The number of rotatable bonds is 5. The molecule has 1 aromatic rings. The lowest BCUT2D eigenvalue weighted by atomic mass is 10.6. The Morgan fingerprint density at radius 2 is 2.14 bits per heavy atom. The number of hydrogen-bond acceptors (Lipinski definition) is 3. The number of thiazole rings is 1.